The van der Waals surface area contributed by atoms with Gasteiger partial charge in [-0.2, -0.15) is 0 Å². The van der Waals surface area contributed by atoms with E-state index < -0.39 is 0 Å². The summed E-state index contributed by atoms with van der Waals surface area (Å²) in [6, 6.07) is 8.34. The van der Waals surface area contributed by atoms with Gasteiger partial charge in [-0.1, -0.05) is 25.5 Å². The molecule has 1 aromatic rings. The lowest BCUT2D eigenvalue weighted by Gasteiger charge is -2.14. The number of benzene rings is 1. The second kappa shape index (κ2) is 6.46. The summed E-state index contributed by atoms with van der Waals surface area (Å²) in [5, 5.41) is 3.24. The third kappa shape index (κ3) is 3.92. The summed E-state index contributed by atoms with van der Waals surface area (Å²) in [4.78, 5) is 0. The van der Waals surface area contributed by atoms with E-state index in [1.807, 2.05) is 13.1 Å². The zero-order valence-corrected chi connectivity index (χ0v) is 9.92. The minimum absolute atomic E-state index is 0.710. The molecular formula is C13H21NO. The van der Waals surface area contributed by atoms with Crippen LogP contribution in [0.4, 0.5) is 0 Å². The quantitative estimate of drug-likeness (QED) is 0.773. The Morgan fingerprint density at radius 2 is 2.20 bits per heavy atom. The highest BCUT2D eigenvalue weighted by molar-refractivity contribution is 5.28. The summed E-state index contributed by atoms with van der Waals surface area (Å²) in [6.07, 6.45) is 2.33. The largest absolute Gasteiger partial charge is 0.497 e. The molecule has 84 valence electrons. The molecule has 0 aliphatic heterocycles. The van der Waals surface area contributed by atoms with Gasteiger partial charge in [0, 0.05) is 0 Å². The number of ether oxygens (including phenoxy) is 1. The molecule has 0 heterocycles. The van der Waals surface area contributed by atoms with Crippen LogP contribution in [0.3, 0.4) is 0 Å². The highest BCUT2D eigenvalue weighted by Gasteiger charge is 2.06. The maximum absolute atomic E-state index is 5.21. The molecule has 0 bridgehead atoms. The van der Waals surface area contributed by atoms with Gasteiger partial charge in [0.2, 0.25) is 0 Å². The lowest BCUT2D eigenvalue weighted by molar-refractivity contribution is 0.413. The Hall–Kier alpha value is -1.02. The Bertz CT molecular complexity index is 286. The maximum Gasteiger partial charge on any atom is 0.119 e. The van der Waals surface area contributed by atoms with Crippen LogP contribution in [0.2, 0.25) is 0 Å². The minimum atomic E-state index is 0.710. The molecule has 0 amide bonds. The van der Waals surface area contributed by atoms with E-state index in [1.54, 1.807) is 7.11 Å². The van der Waals surface area contributed by atoms with Crippen molar-refractivity contribution in [2.24, 2.45) is 5.92 Å². The normalized spacial score (nSPS) is 12.5. The molecule has 0 aliphatic carbocycles. The number of hydrogen-bond donors (Lipinski definition) is 1. The van der Waals surface area contributed by atoms with Crippen molar-refractivity contribution >= 4 is 0 Å². The molecule has 15 heavy (non-hydrogen) atoms. The van der Waals surface area contributed by atoms with Gasteiger partial charge >= 0.3 is 0 Å². The molecule has 0 radical (unpaired) electrons. The molecule has 1 rings (SSSR count). The molecule has 0 fully saturated rings. The first kappa shape index (κ1) is 12.1. The maximum atomic E-state index is 5.21. The summed E-state index contributed by atoms with van der Waals surface area (Å²) >= 11 is 0. The zero-order chi connectivity index (χ0) is 11.1. The van der Waals surface area contributed by atoms with Crippen LogP contribution in [-0.4, -0.2) is 20.7 Å². The van der Waals surface area contributed by atoms with E-state index in [1.165, 1.54) is 12.0 Å². The Balaban J connectivity index is 2.61. The fourth-order valence-electron chi connectivity index (χ4n) is 1.78. The van der Waals surface area contributed by atoms with Crippen LogP contribution in [0.25, 0.3) is 0 Å². The Morgan fingerprint density at radius 1 is 1.40 bits per heavy atom. The summed E-state index contributed by atoms with van der Waals surface area (Å²) in [7, 11) is 3.72. The second-order valence-corrected chi connectivity index (χ2v) is 3.89. The Labute approximate surface area is 92.6 Å². The number of nitrogens with one attached hydrogen (secondary N) is 1. The third-order valence-corrected chi connectivity index (χ3v) is 2.73. The summed E-state index contributed by atoms with van der Waals surface area (Å²) in [6.45, 7) is 3.32. The fourth-order valence-corrected chi connectivity index (χ4v) is 1.78. The molecule has 1 unspecified atom stereocenters. The van der Waals surface area contributed by atoms with Crippen molar-refractivity contribution in [1.29, 1.82) is 0 Å². The Kier molecular flexibility index (Phi) is 5.19. The monoisotopic (exact) mass is 207 g/mol. The van der Waals surface area contributed by atoms with Gasteiger partial charge in [0.25, 0.3) is 0 Å². The smallest absolute Gasteiger partial charge is 0.119 e. The first-order valence-corrected chi connectivity index (χ1v) is 5.57. The predicted molar refractivity (Wildman–Crippen MR) is 64.4 cm³/mol. The van der Waals surface area contributed by atoms with Gasteiger partial charge in [-0.25, -0.2) is 0 Å². The molecule has 0 saturated carbocycles. The summed E-state index contributed by atoms with van der Waals surface area (Å²) in [5.74, 6) is 1.66. The average molecular weight is 207 g/mol. The minimum Gasteiger partial charge on any atom is -0.497 e. The lowest BCUT2D eigenvalue weighted by Crippen LogP contribution is -2.20. The molecule has 2 heteroatoms. The van der Waals surface area contributed by atoms with Crippen molar-refractivity contribution in [2.75, 3.05) is 20.7 Å². The van der Waals surface area contributed by atoms with Gasteiger partial charge in [-0.3, -0.25) is 0 Å². The average Bonchev–Trinajstić information content (AvgIpc) is 2.29. The van der Waals surface area contributed by atoms with Crippen LogP contribution in [0, 0.1) is 5.92 Å². The van der Waals surface area contributed by atoms with Crippen LogP contribution >= 0.6 is 0 Å². The van der Waals surface area contributed by atoms with E-state index in [2.05, 4.69) is 30.4 Å². The third-order valence-electron chi connectivity index (χ3n) is 2.73. The molecule has 0 aromatic heterocycles. The van der Waals surface area contributed by atoms with Crippen molar-refractivity contribution in [3.05, 3.63) is 29.8 Å². The number of hydrogen-bond acceptors (Lipinski definition) is 2. The molecule has 1 N–H and O–H groups in total. The zero-order valence-electron chi connectivity index (χ0n) is 9.92. The van der Waals surface area contributed by atoms with E-state index >= 15 is 0 Å². The molecule has 1 aromatic carbocycles. The predicted octanol–water partition coefficient (Wildman–Crippen LogP) is 2.48. The van der Waals surface area contributed by atoms with E-state index in [-0.39, 0.29) is 0 Å². The summed E-state index contributed by atoms with van der Waals surface area (Å²) < 4.78 is 5.21. The van der Waals surface area contributed by atoms with Gasteiger partial charge in [-0.15, -0.1) is 0 Å². The van der Waals surface area contributed by atoms with Gasteiger partial charge in [0.1, 0.15) is 5.75 Å². The lowest BCUT2D eigenvalue weighted by atomic mass is 9.97. The molecular weight excluding hydrogens is 186 g/mol. The van der Waals surface area contributed by atoms with Crippen molar-refractivity contribution in [3.63, 3.8) is 0 Å². The van der Waals surface area contributed by atoms with Crippen molar-refractivity contribution < 1.29 is 4.74 Å². The van der Waals surface area contributed by atoms with Crippen molar-refractivity contribution in [2.45, 2.75) is 19.8 Å². The van der Waals surface area contributed by atoms with Gasteiger partial charge in [0.15, 0.2) is 0 Å². The van der Waals surface area contributed by atoms with E-state index in [4.69, 9.17) is 4.74 Å². The van der Waals surface area contributed by atoms with Gasteiger partial charge < -0.3 is 10.1 Å². The molecule has 2 nitrogen and oxygen atoms in total. The molecule has 0 saturated heterocycles. The molecule has 0 aliphatic rings. The van der Waals surface area contributed by atoms with Crippen molar-refractivity contribution in [1.82, 2.24) is 5.32 Å². The second-order valence-electron chi connectivity index (χ2n) is 3.89. The molecule has 1 atom stereocenters. The SMILES string of the molecule is CCC(CNC)Cc1cccc(OC)c1. The van der Waals surface area contributed by atoms with E-state index in [9.17, 15) is 0 Å². The Morgan fingerprint density at radius 3 is 2.80 bits per heavy atom. The van der Waals surface area contributed by atoms with Crippen LogP contribution in [-0.2, 0) is 6.42 Å². The first-order chi connectivity index (χ1) is 7.30. The van der Waals surface area contributed by atoms with E-state index in [0.29, 0.717) is 5.92 Å². The number of rotatable bonds is 6. The first-order valence-electron chi connectivity index (χ1n) is 5.57. The van der Waals surface area contributed by atoms with Crippen molar-refractivity contribution in [3.8, 4) is 5.75 Å². The van der Waals surface area contributed by atoms with Crippen LogP contribution < -0.4 is 10.1 Å². The van der Waals surface area contributed by atoms with Gasteiger partial charge in [-0.05, 0) is 43.6 Å². The van der Waals surface area contributed by atoms with Crippen LogP contribution in [0.15, 0.2) is 24.3 Å². The number of methoxy groups -OCH3 is 1. The topological polar surface area (TPSA) is 21.3 Å². The highest BCUT2D eigenvalue weighted by Crippen LogP contribution is 2.17. The fraction of sp³-hybridized carbons (Fsp3) is 0.538. The van der Waals surface area contributed by atoms with Crippen LogP contribution in [0.5, 0.6) is 5.75 Å². The standard InChI is InChI=1S/C13H21NO/c1-4-11(10-14-2)8-12-6-5-7-13(9-12)15-3/h5-7,9,11,14H,4,8,10H2,1-3H3. The van der Waals surface area contributed by atoms with Gasteiger partial charge in [0.05, 0.1) is 7.11 Å². The molecule has 0 spiro atoms. The van der Waals surface area contributed by atoms with E-state index in [0.717, 1.165) is 18.7 Å². The highest BCUT2D eigenvalue weighted by atomic mass is 16.5. The summed E-state index contributed by atoms with van der Waals surface area (Å²) in [5.41, 5.74) is 1.36. The van der Waals surface area contributed by atoms with Crippen LogP contribution in [0.1, 0.15) is 18.9 Å².